The fourth-order valence-corrected chi connectivity index (χ4v) is 8.17. The average molecular weight is 721 g/mol. The second kappa shape index (κ2) is 23.7. The van der Waals surface area contributed by atoms with Gasteiger partial charge in [0.25, 0.3) is 0 Å². The lowest BCUT2D eigenvalue weighted by atomic mass is 9.85. The van der Waals surface area contributed by atoms with Gasteiger partial charge in [0.15, 0.2) is 12.1 Å². The minimum atomic E-state index is -0.800. The second-order valence-electron chi connectivity index (χ2n) is 14.8. The van der Waals surface area contributed by atoms with E-state index in [1.165, 1.54) is 13.5 Å². The first-order valence-electron chi connectivity index (χ1n) is 19.6. The van der Waals surface area contributed by atoms with E-state index in [0.29, 0.717) is 31.1 Å². The lowest BCUT2D eigenvalue weighted by Crippen LogP contribution is -2.49. The van der Waals surface area contributed by atoms with Crippen LogP contribution in [0.2, 0.25) is 0 Å². The molecule has 11 heteroatoms. The molecule has 5 saturated heterocycles. The topological polar surface area (TPSA) is 153 Å². The van der Waals surface area contributed by atoms with E-state index in [2.05, 4.69) is 34.6 Å². The molecule has 15 unspecified atom stereocenters. The first kappa shape index (κ1) is 47.1. The van der Waals surface area contributed by atoms with E-state index in [1.54, 1.807) is 6.92 Å². The number of rotatable bonds is 7. The Hall–Kier alpha value is -0.890. The standard InChI is InChI=1S/C31H52O9.C3H8.C2H6O.C2H6.CH4O/c1-16(11-19(4)29(33)35-6)25-14-21(32)15-31(40-25)10-9-23(39-31)22-7-8-24(36-22)27-18(3)13-26(37-27)28-17(2)12-20(5)30(34)38-28;1-3-2;1-2-3;2*1-2/h16-28,30,32,34H,7-15H2,1-6H3;3H2,1-2H3;3H,2H2,1H3;1-2H3;2H,1H3. The fraction of sp³-hybridized carbons (Fsp3) is 0.974. The second-order valence-corrected chi connectivity index (χ2v) is 14.8. The van der Waals surface area contributed by atoms with Crippen molar-refractivity contribution < 1.29 is 53.6 Å². The highest BCUT2D eigenvalue weighted by molar-refractivity contribution is 5.71. The largest absolute Gasteiger partial charge is 0.469 e. The Balaban J connectivity index is 0.00000113. The van der Waals surface area contributed by atoms with Crippen molar-refractivity contribution in [3.63, 3.8) is 0 Å². The Bertz CT molecular complexity index is 905. The van der Waals surface area contributed by atoms with E-state index in [9.17, 15) is 15.0 Å². The van der Waals surface area contributed by atoms with Crippen LogP contribution in [-0.4, -0.2) is 108 Å². The molecule has 0 radical (unpaired) electrons. The first-order valence-corrected chi connectivity index (χ1v) is 19.6. The van der Waals surface area contributed by atoms with E-state index in [4.69, 9.17) is 38.6 Å². The average Bonchev–Trinajstić information content (AvgIpc) is 3.83. The normalized spacial score (nSPS) is 40.4. The van der Waals surface area contributed by atoms with E-state index in [1.807, 2.05) is 27.7 Å². The van der Waals surface area contributed by atoms with Gasteiger partial charge in [-0.25, -0.2) is 0 Å². The zero-order valence-electron chi connectivity index (χ0n) is 33.5. The summed E-state index contributed by atoms with van der Waals surface area (Å²) < 4.78 is 37.3. The minimum Gasteiger partial charge on any atom is -0.469 e. The van der Waals surface area contributed by atoms with Crippen molar-refractivity contribution >= 4 is 5.97 Å². The van der Waals surface area contributed by atoms with Crippen LogP contribution >= 0.6 is 0 Å². The lowest BCUT2D eigenvalue weighted by Gasteiger charge is -2.43. The molecule has 0 amide bonds. The fourth-order valence-electron chi connectivity index (χ4n) is 8.17. The van der Waals surface area contributed by atoms with Crippen LogP contribution in [0.25, 0.3) is 0 Å². The molecule has 4 N–H and O–H groups in total. The molecule has 0 aromatic heterocycles. The van der Waals surface area contributed by atoms with E-state index in [0.717, 1.165) is 45.6 Å². The molecule has 5 heterocycles. The number of esters is 1. The van der Waals surface area contributed by atoms with Gasteiger partial charge >= 0.3 is 5.97 Å². The predicted octanol–water partition coefficient (Wildman–Crippen LogP) is 6.01. The molecule has 0 aromatic carbocycles. The van der Waals surface area contributed by atoms with Gasteiger partial charge in [0.1, 0.15) is 0 Å². The third-order valence-corrected chi connectivity index (χ3v) is 10.4. The maximum absolute atomic E-state index is 11.9. The van der Waals surface area contributed by atoms with Gasteiger partial charge in [0.2, 0.25) is 0 Å². The summed E-state index contributed by atoms with van der Waals surface area (Å²) in [4.78, 5) is 11.9. The van der Waals surface area contributed by atoms with Gasteiger partial charge in [-0.15, -0.1) is 0 Å². The summed E-state index contributed by atoms with van der Waals surface area (Å²) in [6, 6.07) is 0. The summed E-state index contributed by atoms with van der Waals surface area (Å²) in [5.74, 6) is -0.315. The molecular formula is C39H76O11. The van der Waals surface area contributed by atoms with Crippen molar-refractivity contribution in [1.82, 2.24) is 0 Å². The smallest absolute Gasteiger partial charge is 0.308 e. The molecule has 1 spiro atoms. The molecule has 11 nitrogen and oxygen atoms in total. The molecule has 0 aliphatic carbocycles. The zero-order chi connectivity index (χ0) is 38.2. The Morgan fingerprint density at radius 1 is 0.800 bits per heavy atom. The van der Waals surface area contributed by atoms with Gasteiger partial charge < -0.3 is 48.8 Å². The van der Waals surface area contributed by atoms with Gasteiger partial charge in [-0.1, -0.05) is 68.7 Å². The molecule has 5 aliphatic rings. The molecule has 0 saturated carbocycles. The van der Waals surface area contributed by atoms with Crippen LogP contribution in [0.15, 0.2) is 0 Å². The lowest BCUT2D eigenvalue weighted by molar-refractivity contribution is -0.301. The van der Waals surface area contributed by atoms with Crippen molar-refractivity contribution in [3.05, 3.63) is 0 Å². The number of aliphatic hydroxyl groups excluding tert-OH is 4. The molecule has 298 valence electrons. The highest BCUT2D eigenvalue weighted by Gasteiger charge is 2.53. The monoisotopic (exact) mass is 721 g/mol. The number of carbonyl (C=O) groups is 1. The van der Waals surface area contributed by atoms with Gasteiger partial charge in [0, 0.05) is 38.9 Å². The minimum absolute atomic E-state index is 0.00689. The van der Waals surface area contributed by atoms with Gasteiger partial charge in [-0.3, -0.25) is 4.79 Å². The summed E-state index contributed by atoms with van der Waals surface area (Å²) in [6.45, 7) is 20.6. The van der Waals surface area contributed by atoms with Gasteiger partial charge in [-0.05, 0) is 63.2 Å². The van der Waals surface area contributed by atoms with Crippen LogP contribution in [0.3, 0.4) is 0 Å². The predicted molar refractivity (Wildman–Crippen MR) is 194 cm³/mol. The maximum Gasteiger partial charge on any atom is 0.308 e. The third kappa shape index (κ3) is 13.2. The summed E-state index contributed by atoms with van der Waals surface area (Å²) in [7, 11) is 2.41. The molecule has 15 atom stereocenters. The Labute approximate surface area is 304 Å². The van der Waals surface area contributed by atoms with Crippen molar-refractivity contribution in [1.29, 1.82) is 0 Å². The Kier molecular flexibility index (Phi) is 22.3. The summed E-state index contributed by atoms with van der Waals surface area (Å²) in [5, 5.41) is 35.6. The van der Waals surface area contributed by atoms with Gasteiger partial charge in [0.05, 0.1) is 61.9 Å². The molecule has 5 rings (SSSR count). The SMILES string of the molecule is CC.CCC.CCO.CO.COC(=O)C(C)CC(C)C1CC(O)CC2(CCC(C3CCC(C4OC(C5OC(O)C(C)CC5C)CC4C)O3)O2)O1. The summed E-state index contributed by atoms with van der Waals surface area (Å²) in [6.07, 6.45) is 6.54. The van der Waals surface area contributed by atoms with Crippen LogP contribution in [-0.2, 0) is 33.2 Å². The number of hydrogen-bond acceptors (Lipinski definition) is 11. The first-order chi connectivity index (χ1) is 23.8. The van der Waals surface area contributed by atoms with Gasteiger partial charge in [-0.2, -0.15) is 0 Å². The third-order valence-electron chi connectivity index (χ3n) is 10.4. The van der Waals surface area contributed by atoms with Crippen LogP contribution in [0.4, 0.5) is 0 Å². The van der Waals surface area contributed by atoms with Crippen LogP contribution in [0.5, 0.6) is 0 Å². The van der Waals surface area contributed by atoms with E-state index in [-0.39, 0.29) is 73.1 Å². The number of ether oxygens (including phenoxy) is 6. The van der Waals surface area contributed by atoms with Crippen molar-refractivity contribution in [2.45, 2.75) is 194 Å². The van der Waals surface area contributed by atoms with Crippen molar-refractivity contribution in [2.75, 3.05) is 20.8 Å². The van der Waals surface area contributed by atoms with Crippen LogP contribution in [0.1, 0.15) is 133 Å². The highest BCUT2D eigenvalue weighted by atomic mass is 16.7. The number of methoxy groups -OCH3 is 1. The maximum atomic E-state index is 11.9. The van der Waals surface area contributed by atoms with E-state index >= 15 is 0 Å². The number of hydrogen-bond donors (Lipinski definition) is 4. The van der Waals surface area contributed by atoms with Crippen LogP contribution < -0.4 is 0 Å². The zero-order valence-corrected chi connectivity index (χ0v) is 33.5. The summed E-state index contributed by atoms with van der Waals surface area (Å²) in [5.41, 5.74) is 0. The van der Waals surface area contributed by atoms with E-state index < -0.39 is 18.2 Å². The molecule has 5 aliphatic heterocycles. The Morgan fingerprint density at radius 2 is 1.36 bits per heavy atom. The van der Waals surface area contributed by atoms with Crippen molar-refractivity contribution in [3.8, 4) is 0 Å². The highest BCUT2D eigenvalue weighted by Crippen LogP contribution is 2.47. The summed E-state index contributed by atoms with van der Waals surface area (Å²) >= 11 is 0. The Morgan fingerprint density at radius 3 is 1.96 bits per heavy atom. The molecular weight excluding hydrogens is 644 g/mol. The molecule has 0 bridgehead atoms. The molecule has 50 heavy (non-hydrogen) atoms. The number of aliphatic hydroxyl groups is 4. The number of carbonyl (C=O) groups excluding carboxylic acids is 1. The van der Waals surface area contributed by atoms with Crippen LogP contribution in [0, 0.1) is 29.6 Å². The molecule has 5 fully saturated rings. The molecule has 0 aromatic rings. The van der Waals surface area contributed by atoms with Crippen molar-refractivity contribution in [2.24, 2.45) is 29.6 Å². The quantitative estimate of drug-likeness (QED) is 0.229.